The Hall–Kier alpha value is -3.33. The van der Waals surface area contributed by atoms with Gasteiger partial charge in [0.2, 0.25) is 17.8 Å². The fourth-order valence-electron chi connectivity index (χ4n) is 1.95. The Morgan fingerprint density at radius 2 is 1.79 bits per heavy atom. The van der Waals surface area contributed by atoms with E-state index in [-0.39, 0.29) is 5.95 Å². The highest BCUT2D eigenvalue weighted by atomic mass is 16.5. The minimum atomic E-state index is 0.246. The number of methoxy groups -OCH3 is 1. The number of benzene rings is 1. The molecule has 0 saturated carbocycles. The number of nitrogen functional groups attached to an aromatic ring is 1. The van der Waals surface area contributed by atoms with Crippen molar-refractivity contribution in [3.05, 3.63) is 48.4 Å². The van der Waals surface area contributed by atoms with Gasteiger partial charge >= 0.3 is 0 Å². The van der Waals surface area contributed by atoms with Crippen LogP contribution in [0.4, 0.5) is 23.5 Å². The fraction of sp³-hybridized carbons (Fsp3) is 0.133. The monoisotopic (exact) mass is 327 g/mol. The molecule has 0 aliphatic heterocycles. The van der Waals surface area contributed by atoms with Crippen LogP contribution in [0.3, 0.4) is 0 Å². The van der Waals surface area contributed by atoms with Gasteiger partial charge in [-0.1, -0.05) is 0 Å². The molecule has 2 aromatic heterocycles. The van der Waals surface area contributed by atoms with E-state index in [1.165, 1.54) is 0 Å². The molecule has 0 fully saturated rings. The van der Waals surface area contributed by atoms with Crippen LogP contribution in [0.2, 0.25) is 0 Å². The van der Waals surface area contributed by atoms with Gasteiger partial charge in [-0.2, -0.15) is 15.0 Å². The second-order valence-electron chi connectivity index (χ2n) is 4.79. The van der Waals surface area contributed by atoms with Crippen molar-refractivity contribution in [1.82, 2.24) is 15.0 Å². The Morgan fingerprint density at radius 3 is 2.46 bits per heavy atom. The maximum Gasteiger partial charge on any atom is 0.243 e. The summed E-state index contributed by atoms with van der Waals surface area (Å²) in [6.45, 7) is 0.520. The smallest absolute Gasteiger partial charge is 0.243 e. The molecule has 5 N–H and O–H groups in total. The zero-order chi connectivity index (χ0) is 16.8. The van der Waals surface area contributed by atoms with Crippen LogP contribution in [0.5, 0.6) is 5.75 Å². The van der Waals surface area contributed by atoms with Crippen molar-refractivity contribution in [2.24, 2.45) is 5.84 Å². The highest BCUT2D eigenvalue weighted by molar-refractivity contribution is 5.56. The minimum absolute atomic E-state index is 0.246. The van der Waals surface area contributed by atoms with E-state index < -0.39 is 0 Å². The number of aromatic nitrogens is 3. The number of anilines is 4. The highest BCUT2D eigenvalue weighted by Crippen LogP contribution is 2.19. The summed E-state index contributed by atoms with van der Waals surface area (Å²) in [5.41, 5.74) is 4.21. The van der Waals surface area contributed by atoms with Crippen molar-refractivity contribution in [2.45, 2.75) is 6.54 Å². The summed E-state index contributed by atoms with van der Waals surface area (Å²) in [5.74, 6) is 7.18. The highest BCUT2D eigenvalue weighted by Gasteiger charge is 2.07. The van der Waals surface area contributed by atoms with E-state index in [0.717, 1.165) is 17.0 Å². The number of hydrogen-bond donors (Lipinski definition) is 4. The molecule has 9 heteroatoms. The molecular weight excluding hydrogens is 310 g/mol. The molecule has 2 heterocycles. The van der Waals surface area contributed by atoms with E-state index in [2.05, 4.69) is 31.0 Å². The Morgan fingerprint density at radius 1 is 1.04 bits per heavy atom. The lowest BCUT2D eigenvalue weighted by atomic mass is 10.3. The predicted molar refractivity (Wildman–Crippen MR) is 89.9 cm³/mol. The number of nitrogens with two attached hydrogens (primary N) is 1. The van der Waals surface area contributed by atoms with Gasteiger partial charge in [0.15, 0.2) is 0 Å². The standard InChI is InChI=1S/C15H17N7O2/c1-23-12-4-2-11(3-5-12)18-14-19-13(20-15(21-14)22-16)17-8-10-6-7-24-9-10/h2-7,9H,8,16H2,1H3,(H3,17,18,19,20,21,22). The minimum Gasteiger partial charge on any atom is -0.497 e. The first-order valence-corrected chi connectivity index (χ1v) is 7.15. The van der Waals surface area contributed by atoms with Gasteiger partial charge in [-0.15, -0.1) is 0 Å². The quantitative estimate of drug-likeness (QED) is 0.381. The van der Waals surface area contributed by atoms with Crippen molar-refractivity contribution >= 4 is 23.5 Å². The zero-order valence-electron chi connectivity index (χ0n) is 13.0. The summed E-state index contributed by atoms with van der Waals surface area (Å²) >= 11 is 0. The van der Waals surface area contributed by atoms with Gasteiger partial charge in [-0.05, 0) is 30.3 Å². The van der Waals surface area contributed by atoms with Crippen LogP contribution in [0.25, 0.3) is 0 Å². The van der Waals surface area contributed by atoms with Crippen LogP contribution in [-0.2, 0) is 6.54 Å². The molecule has 0 atom stereocenters. The van der Waals surface area contributed by atoms with Crippen LogP contribution in [0, 0.1) is 0 Å². The van der Waals surface area contributed by atoms with Crippen LogP contribution < -0.4 is 26.6 Å². The lowest BCUT2D eigenvalue weighted by molar-refractivity contribution is 0.415. The predicted octanol–water partition coefficient (Wildman–Crippen LogP) is 2.11. The molecule has 0 aliphatic carbocycles. The Labute approximate surface area is 138 Å². The molecule has 9 nitrogen and oxygen atoms in total. The molecule has 1 aromatic carbocycles. The first-order chi connectivity index (χ1) is 11.8. The van der Waals surface area contributed by atoms with E-state index in [0.29, 0.717) is 18.4 Å². The number of rotatable bonds is 7. The first-order valence-electron chi connectivity index (χ1n) is 7.15. The summed E-state index contributed by atoms with van der Waals surface area (Å²) in [6, 6.07) is 9.24. The molecule has 0 unspecified atom stereocenters. The third-order valence-corrected chi connectivity index (χ3v) is 3.14. The average molecular weight is 327 g/mol. The van der Waals surface area contributed by atoms with Gasteiger partial charge in [0.05, 0.1) is 19.6 Å². The second-order valence-corrected chi connectivity index (χ2v) is 4.79. The number of furan rings is 1. The van der Waals surface area contributed by atoms with Crippen molar-refractivity contribution in [1.29, 1.82) is 0 Å². The van der Waals surface area contributed by atoms with Crippen LogP contribution >= 0.6 is 0 Å². The molecular formula is C15H17N7O2. The fourth-order valence-corrected chi connectivity index (χ4v) is 1.95. The van der Waals surface area contributed by atoms with Crippen molar-refractivity contribution in [2.75, 3.05) is 23.2 Å². The SMILES string of the molecule is COc1ccc(Nc2nc(NN)nc(NCc3ccoc3)n2)cc1. The molecule has 3 aromatic rings. The normalized spacial score (nSPS) is 10.2. The molecule has 0 bridgehead atoms. The third-order valence-electron chi connectivity index (χ3n) is 3.14. The lowest BCUT2D eigenvalue weighted by Crippen LogP contribution is -2.14. The third kappa shape index (κ3) is 3.90. The molecule has 3 rings (SSSR count). The van der Waals surface area contributed by atoms with E-state index in [1.54, 1.807) is 19.6 Å². The van der Waals surface area contributed by atoms with Gasteiger partial charge in [-0.3, -0.25) is 5.43 Å². The van der Waals surface area contributed by atoms with Crippen LogP contribution in [-0.4, -0.2) is 22.1 Å². The second kappa shape index (κ2) is 7.29. The van der Waals surface area contributed by atoms with Crippen molar-refractivity contribution in [3.63, 3.8) is 0 Å². The van der Waals surface area contributed by atoms with E-state index >= 15 is 0 Å². The summed E-state index contributed by atoms with van der Waals surface area (Å²) in [7, 11) is 1.62. The van der Waals surface area contributed by atoms with Gasteiger partial charge in [-0.25, -0.2) is 5.84 Å². The largest absolute Gasteiger partial charge is 0.497 e. The molecule has 0 amide bonds. The Bertz CT molecular complexity index is 775. The zero-order valence-corrected chi connectivity index (χ0v) is 13.0. The number of ether oxygens (including phenoxy) is 1. The van der Waals surface area contributed by atoms with Crippen molar-refractivity contribution < 1.29 is 9.15 Å². The van der Waals surface area contributed by atoms with Gasteiger partial charge in [0.25, 0.3) is 0 Å². The topological polar surface area (TPSA) is 123 Å². The number of hydrazine groups is 1. The molecule has 0 saturated heterocycles. The summed E-state index contributed by atoms with van der Waals surface area (Å²) in [4.78, 5) is 12.7. The maximum absolute atomic E-state index is 5.42. The van der Waals surface area contributed by atoms with Crippen LogP contribution in [0.15, 0.2) is 47.3 Å². The van der Waals surface area contributed by atoms with Gasteiger partial charge in [0.1, 0.15) is 5.75 Å². The summed E-state index contributed by atoms with van der Waals surface area (Å²) < 4.78 is 10.2. The van der Waals surface area contributed by atoms with E-state index in [4.69, 9.17) is 15.0 Å². The summed E-state index contributed by atoms with van der Waals surface area (Å²) in [6.07, 6.45) is 3.25. The van der Waals surface area contributed by atoms with Crippen molar-refractivity contribution in [3.8, 4) is 5.75 Å². The average Bonchev–Trinajstić information content (AvgIpc) is 3.14. The number of nitrogens with zero attached hydrogens (tertiary/aromatic N) is 3. The Kier molecular flexibility index (Phi) is 4.73. The molecule has 0 radical (unpaired) electrons. The summed E-state index contributed by atoms with van der Waals surface area (Å²) in [5, 5.41) is 6.18. The number of nitrogens with one attached hydrogen (secondary N) is 3. The van der Waals surface area contributed by atoms with E-state index in [1.807, 2.05) is 30.3 Å². The lowest BCUT2D eigenvalue weighted by Gasteiger charge is -2.10. The maximum atomic E-state index is 5.42. The van der Waals surface area contributed by atoms with Gasteiger partial charge in [0, 0.05) is 17.8 Å². The molecule has 124 valence electrons. The number of hydrogen-bond acceptors (Lipinski definition) is 9. The molecule has 0 aliphatic rings. The van der Waals surface area contributed by atoms with E-state index in [9.17, 15) is 0 Å². The first kappa shape index (κ1) is 15.6. The molecule has 0 spiro atoms. The Balaban J connectivity index is 1.74. The van der Waals surface area contributed by atoms with Gasteiger partial charge < -0.3 is 19.8 Å². The van der Waals surface area contributed by atoms with Crippen LogP contribution in [0.1, 0.15) is 5.56 Å². The molecule has 24 heavy (non-hydrogen) atoms.